The number of aromatic amines is 1. The van der Waals surface area contributed by atoms with E-state index < -0.39 is 0 Å². The summed E-state index contributed by atoms with van der Waals surface area (Å²) in [6.45, 7) is 5.19. The number of fused-ring (bicyclic) bond motifs is 1. The molecule has 1 aromatic carbocycles. The molecule has 0 spiro atoms. The molecule has 4 heterocycles. The Bertz CT molecular complexity index is 1090. The SMILES string of the molecule is O=c1[nH]c(-c2ccccc2)nc2c1CN(Cc1sc(N3CCOCC3)nc1Cl)CC2. The standard InChI is InChI=1S/C21H22ClN5O2S/c22-18-17(30-21(24-18)27-8-10-29-11-9-27)13-26-7-6-16-15(12-26)20(28)25-19(23-16)14-4-2-1-3-5-14/h1-5H,6-13H2,(H,23,25,28). The summed E-state index contributed by atoms with van der Waals surface area (Å²) in [4.78, 5) is 30.5. The molecule has 1 saturated heterocycles. The van der Waals surface area contributed by atoms with Crippen molar-refractivity contribution in [3.05, 3.63) is 62.0 Å². The Morgan fingerprint density at radius 3 is 2.73 bits per heavy atom. The van der Waals surface area contributed by atoms with Crippen LogP contribution < -0.4 is 10.5 Å². The van der Waals surface area contributed by atoms with E-state index in [2.05, 4.69) is 19.8 Å². The molecule has 0 saturated carbocycles. The molecule has 0 radical (unpaired) electrons. The summed E-state index contributed by atoms with van der Waals surface area (Å²) >= 11 is 8.07. The van der Waals surface area contributed by atoms with E-state index in [1.165, 1.54) is 0 Å². The molecule has 0 bridgehead atoms. The van der Waals surface area contributed by atoms with Gasteiger partial charge in [0.15, 0.2) is 5.13 Å². The van der Waals surface area contributed by atoms with Crippen LogP contribution >= 0.6 is 22.9 Å². The van der Waals surface area contributed by atoms with Gasteiger partial charge < -0.3 is 14.6 Å². The second-order valence-electron chi connectivity index (χ2n) is 7.48. The van der Waals surface area contributed by atoms with Gasteiger partial charge >= 0.3 is 0 Å². The van der Waals surface area contributed by atoms with Gasteiger partial charge in [0.2, 0.25) is 0 Å². The fraction of sp³-hybridized carbons (Fsp3) is 0.381. The number of anilines is 1. The number of aromatic nitrogens is 3. The first-order valence-corrected chi connectivity index (χ1v) is 11.2. The van der Waals surface area contributed by atoms with Crippen molar-refractivity contribution >= 4 is 28.1 Å². The fourth-order valence-corrected chi connectivity index (χ4v) is 5.21. The summed E-state index contributed by atoms with van der Waals surface area (Å²) in [5, 5.41) is 1.50. The zero-order chi connectivity index (χ0) is 20.5. The molecule has 30 heavy (non-hydrogen) atoms. The van der Waals surface area contributed by atoms with Crippen LogP contribution in [0.3, 0.4) is 0 Å². The third-order valence-corrected chi connectivity index (χ3v) is 7.01. The van der Waals surface area contributed by atoms with Crippen molar-refractivity contribution in [2.45, 2.75) is 19.5 Å². The quantitative estimate of drug-likeness (QED) is 0.668. The number of benzene rings is 1. The van der Waals surface area contributed by atoms with Gasteiger partial charge in [-0.15, -0.1) is 0 Å². The Morgan fingerprint density at radius 1 is 1.13 bits per heavy atom. The number of thiazole rings is 1. The van der Waals surface area contributed by atoms with Gasteiger partial charge in [0.05, 0.1) is 29.3 Å². The molecule has 0 amide bonds. The number of halogens is 1. The Labute approximate surface area is 183 Å². The highest BCUT2D eigenvalue weighted by molar-refractivity contribution is 7.16. The summed E-state index contributed by atoms with van der Waals surface area (Å²) in [6, 6.07) is 9.75. The van der Waals surface area contributed by atoms with E-state index in [4.69, 9.17) is 21.3 Å². The van der Waals surface area contributed by atoms with E-state index >= 15 is 0 Å². The molecule has 156 valence electrons. The number of morpholine rings is 1. The van der Waals surface area contributed by atoms with Crippen molar-refractivity contribution < 1.29 is 4.74 Å². The highest BCUT2D eigenvalue weighted by Crippen LogP contribution is 2.32. The van der Waals surface area contributed by atoms with Gasteiger partial charge in [-0.05, 0) is 0 Å². The Morgan fingerprint density at radius 2 is 1.93 bits per heavy atom. The number of H-pyrrole nitrogens is 1. The van der Waals surface area contributed by atoms with E-state index in [0.717, 1.165) is 66.1 Å². The minimum Gasteiger partial charge on any atom is -0.378 e. The molecule has 9 heteroatoms. The van der Waals surface area contributed by atoms with Gasteiger partial charge in [-0.1, -0.05) is 53.3 Å². The minimum absolute atomic E-state index is 0.0621. The largest absolute Gasteiger partial charge is 0.378 e. The lowest BCUT2D eigenvalue weighted by atomic mass is 10.1. The van der Waals surface area contributed by atoms with Crippen LogP contribution in [0.1, 0.15) is 16.1 Å². The van der Waals surface area contributed by atoms with Gasteiger partial charge in [-0.25, -0.2) is 9.97 Å². The number of ether oxygens (including phenoxy) is 1. The second-order valence-corrected chi connectivity index (χ2v) is 8.90. The number of hydrogen-bond acceptors (Lipinski definition) is 7. The molecule has 2 aromatic heterocycles. The van der Waals surface area contributed by atoms with Crippen LogP contribution in [0.15, 0.2) is 35.1 Å². The molecule has 2 aliphatic rings. The molecule has 0 atom stereocenters. The lowest BCUT2D eigenvalue weighted by molar-refractivity contribution is 0.122. The third-order valence-electron chi connectivity index (χ3n) is 5.48. The zero-order valence-electron chi connectivity index (χ0n) is 16.4. The van der Waals surface area contributed by atoms with E-state index in [1.807, 2.05) is 30.3 Å². The van der Waals surface area contributed by atoms with Crippen molar-refractivity contribution in [1.82, 2.24) is 19.9 Å². The van der Waals surface area contributed by atoms with Crippen LogP contribution in [-0.2, 0) is 24.2 Å². The average Bonchev–Trinajstić information content (AvgIpc) is 3.15. The maximum Gasteiger partial charge on any atom is 0.255 e. The third kappa shape index (κ3) is 4.00. The van der Waals surface area contributed by atoms with E-state index in [9.17, 15) is 4.79 Å². The van der Waals surface area contributed by atoms with Crippen LogP contribution in [0.25, 0.3) is 11.4 Å². The predicted octanol–water partition coefficient (Wildman–Crippen LogP) is 2.94. The topological polar surface area (TPSA) is 74.4 Å². The predicted molar refractivity (Wildman–Crippen MR) is 118 cm³/mol. The van der Waals surface area contributed by atoms with Crippen LogP contribution in [0.4, 0.5) is 5.13 Å². The van der Waals surface area contributed by atoms with Crippen molar-refractivity contribution in [3.63, 3.8) is 0 Å². The molecule has 2 aliphatic heterocycles. The smallest absolute Gasteiger partial charge is 0.255 e. The highest BCUT2D eigenvalue weighted by atomic mass is 35.5. The Hall–Kier alpha value is -2.26. The number of rotatable bonds is 4. The Kier molecular flexibility index (Phi) is 5.56. The average molecular weight is 444 g/mol. The lowest BCUT2D eigenvalue weighted by Crippen LogP contribution is -2.36. The fourth-order valence-electron chi connectivity index (χ4n) is 3.86. The molecule has 1 fully saturated rings. The summed E-state index contributed by atoms with van der Waals surface area (Å²) in [7, 11) is 0. The van der Waals surface area contributed by atoms with Crippen molar-refractivity contribution in [3.8, 4) is 11.4 Å². The van der Waals surface area contributed by atoms with Gasteiger partial charge in [0.1, 0.15) is 11.0 Å². The summed E-state index contributed by atoms with van der Waals surface area (Å²) in [5.74, 6) is 0.633. The number of nitrogens with one attached hydrogen (secondary N) is 1. The summed E-state index contributed by atoms with van der Waals surface area (Å²) in [5.41, 5.74) is 2.49. The van der Waals surface area contributed by atoms with Crippen molar-refractivity contribution in [2.24, 2.45) is 0 Å². The lowest BCUT2D eigenvalue weighted by Gasteiger charge is -2.27. The molecule has 0 unspecified atom stereocenters. The van der Waals surface area contributed by atoms with Gasteiger partial charge in [-0.2, -0.15) is 0 Å². The number of hydrogen-bond donors (Lipinski definition) is 1. The first-order chi connectivity index (χ1) is 14.7. The van der Waals surface area contributed by atoms with Crippen LogP contribution in [0.5, 0.6) is 0 Å². The van der Waals surface area contributed by atoms with Crippen LogP contribution in [-0.4, -0.2) is 52.7 Å². The van der Waals surface area contributed by atoms with Gasteiger partial charge in [0, 0.05) is 44.7 Å². The normalized spacial score (nSPS) is 17.2. The molecular formula is C21H22ClN5O2S. The summed E-state index contributed by atoms with van der Waals surface area (Å²) < 4.78 is 5.42. The summed E-state index contributed by atoms with van der Waals surface area (Å²) in [6.07, 6.45) is 0.742. The van der Waals surface area contributed by atoms with Gasteiger partial charge in [0.25, 0.3) is 5.56 Å². The second kappa shape index (κ2) is 8.47. The molecule has 7 nitrogen and oxygen atoms in total. The maximum atomic E-state index is 12.8. The van der Waals surface area contributed by atoms with E-state index in [0.29, 0.717) is 24.1 Å². The molecular weight excluding hydrogens is 422 g/mol. The number of nitrogens with zero attached hydrogens (tertiary/aromatic N) is 4. The first kappa shape index (κ1) is 19.7. The maximum absolute atomic E-state index is 12.8. The van der Waals surface area contributed by atoms with Crippen LogP contribution in [0.2, 0.25) is 5.15 Å². The molecule has 0 aliphatic carbocycles. The van der Waals surface area contributed by atoms with Gasteiger partial charge in [-0.3, -0.25) is 9.69 Å². The monoisotopic (exact) mass is 443 g/mol. The molecule has 1 N–H and O–H groups in total. The minimum atomic E-state index is -0.0621. The van der Waals surface area contributed by atoms with Crippen molar-refractivity contribution in [2.75, 3.05) is 37.7 Å². The molecule has 5 rings (SSSR count). The first-order valence-electron chi connectivity index (χ1n) is 10.0. The Balaban J connectivity index is 1.33. The molecule has 3 aromatic rings. The van der Waals surface area contributed by atoms with E-state index in [-0.39, 0.29) is 5.56 Å². The highest BCUT2D eigenvalue weighted by Gasteiger charge is 2.24. The van der Waals surface area contributed by atoms with E-state index in [1.54, 1.807) is 11.3 Å². The zero-order valence-corrected chi connectivity index (χ0v) is 18.0. The van der Waals surface area contributed by atoms with Crippen molar-refractivity contribution in [1.29, 1.82) is 0 Å². The van der Waals surface area contributed by atoms with Crippen LogP contribution in [0, 0.1) is 0 Å².